The Bertz CT molecular complexity index is 486. The van der Waals surface area contributed by atoms with Crippen LogP contribution in [-0.4, -0.2) is 65.7 Å². The molecular weight excluding hydrogens is 278 g/mol. The van der Waals surface area contributed by atoms with Crippen molar-refractivity contribution in [2.24, 2.45) is 0 Å². The van der Waals surface area contributed by atoms with E-state index in [-0.39, 0.29) is 0 Å². The molecule has 3 rings (SSSR count). The molecule has 2 fully saturated rings. The predicted molar refractivity (Wildman–Crippen MR) is 85.7 cm³/mol. The molecule has 2 heterocycles. The fraction of sp³-hybridized carbons (Fsp3) is 0.588. The summed E-state index contributed by atoms with van der Waals surface area (Å²) in [4.78, 5) is 16.0. The molecule has 1 atom stereocenters. The van der Waals surface area contributed by atoms with Crippen LogP contribution in [0.4, 0.5) is 0 Å². The summed E-state index contributed by atoms with van der Waals surface area (Å²) in [5.74, 6) is -0.730. The van der Waals surface area contributed by atoms with Crippen LogP contribution < -0.4 is 5.32 Å². The van der Waals surface area contributed by atoms with Crippen LogP contribution in [0.2, 0.25) is 0 Å². The molecule has 1 aromatic rings. The van der Waals surface area contributed by atoms with Crippen molar-refractivity contribution in [2.45, 2.75) is 31.5 Å². The Morgan fingerprint density at radius 1 is 1.18 bits per heavy atom. The second-order valence-corrected chi connectivity index (χ2v) is 6.33. The average Bonchev–Trinajstić information content (AvgIpc) is 2.56. The van der Waals surface area contributed by atoms with E-state index < -0.39 is 12.0 Å². The highest BCUT2D eigenvalue weighted by Gasteiger charge is 2.31. The Morgan fingerprint density at radius 2 is 1.91 bits per heavy atom. The summed E-state index contributed by atoms with van der Waals surface area (Å²) < 4.78 is 0. The number of piperazine rings is 1. The van der Waals surface area contributed by atoms with E-state index in [4.69, 9.17) is 5.11 Å². The van der Waals surface area contributed by atoms with E-state index >= 15 is 0 Å². The van der Waals surface area contributed by atoms with Crippen LogP contribution >= 0.6 is 0 Å². The number of hydrogen-bond acceptors (Lipinski definition) is 4. The summed E-state index contributed by atoms with van der Waals surface area (Å²) in [7, 11) is 0. The van der Waals surface area contributed by atoms with Crippen LogP contribution in [-0.2, 0) is 11.3 Å². The molecule has 2 aliphatic rings. The van der Waals surface area contributed by atoms with Crippen LogP contribution in [0, 0.1) is 0 Å². The van der Waals surface area contributed by atoms with E-state index in [2.05, 4.69) is 45.4 Å². The number of carboxylic acid groups (broad SMARTS) is 1. The first kappa shape index (κ1) is 15.5. The molecule has 5 heteroatoms. The molecule has 2 aliphatic heterocycles. The zero-order valence-corrected chi connectivity index (χ0v) is 12.9. The fourth-order valence-electron chi connectivity index (χ4n) is 3.55. The summed E-state index contributed by atoms with van der Waals surface area (Å²) in [6.45, 7) is 5.60. The first-order valence-corrected chi connectivity index (χ1v) is 8.19. The average molecular weight is 303 g/mol. The van der Waals surface area contributed by atoms with Crippen molar-refractivity contribution in [3.8, 4) is 0 Å². The first-order chi connectivity index (χ1) is 10.7. The van der Waals surface area contributed by atoms with Gasteiger partial charge in [0.25, 0.3) is 0 Å². The standard InChI is InChI=1S/C17H25N3O2/c21-17(22)16-13-20(11-8-18-16)15-6-9-19(10-7-15)12-14-4-2-1-3-5-14/h1-5,15-16,18H,6-13H2,(H,21,22)/t16-/m0/s1. The third kappa shape index (κ3) is 3.85. The van der Waals surface area contributed by atoms with Gasteiger partial charge >= 0.3 is 5.97 Å². The molecule has 0 radical (unpaired) electrons. The number of nitrogens with one attached hydrogen (secondary N) is 1. The topological polar surface area (TPSA) is 55.8 Å². The molecular formula is C17H25N3O2. The number of hydrogen-bond donors (Lipinski definition) is 2. The Morgan fingerprint density at radius 3 is 2.59 bits per heavy atom. The molecule has 2 saturated heterocycles. The van der Waals surface area contributed by atoms with E-state index in [1.807, 2.05) is 0 Å². The molecule has 0 aliphatic carbocycles. The molecule has 22 heavy (non-hydrogen) atoms. The molecule has 0 saturated carbocycles. The van der Waals surface area contributed by atoms with E-state index in [0.29, 0.717) is 12.6 Å². The number of piperidine rings is 1. The number of nitrogens with zero attached hydrogens (tertiary/aromatic N) is 2. The summed E-state index contributed by atoms with van der Waals surface area (Å²) in [5.41, 5.74) is 1.37. The van der Waals surface area contributed by atoms with Crippen molar-refractivity contribution < 1.29 is 9.90 Å². The highest BCUT2D eigenvalue weighted by molar-refractivity contribution is 5.73. The number of benzene rings is 1. The van der Waals surface area contributed by atoms with Crippen LogP contribution in [0.5, 0.6) is 0 Å². The number of carbonyl (C=O) groups is 1. The molecule has 0 aromatic heterocycles. The Hall–Kier alpha value is -1.43. The Kier molecular flexibility index (Phi) is 5.08. The van der Waals surface area contributed by atoms with Crippen molar-refractivity contribution in [3.63, 3.8) is 0 Å². The summed E-state index contributed by atoms with van der Waals surface area (Å²) in [6, 6.07) is 10.7. The first-order valence-electron chi connectivity index (χ1n) is 8.19. The molecule has 0 amide bonds. The second kappa shape index (κ2) is 7.22. The number of likely N-dealkylation sites (tertiary alicyclic amines) is 1. The summed E-state index contributed by atoms with van der Waals surface area (Å²) in [6.07, 6.45) is 2.28. The lowest BCUT2D eigenvalue weighted by atomic mass is 10.0. The molecule has 0 bridgehead atoms. The SMILES string of the molecule is O=C(O)[C@@H]1CN(C2CCN(Cc3ccccc3)CC2)CCN1. The van der Waals surface area contributed by atoms with Crippen LogP contribution in [0.1, 0.15) is 18.4 Å². The van der Waals surface area contributed by atoms with Crippen molar-refractivity contribution in [1.82, 2.24) is 15.1 Å². The van der Waals surface area contributed by atoms with E-state index in [1.165, 1.54) is 5.56 Å². The normalized spacial score (nSPS) is 25.2. The van der Waals surface area contributed by atoms with Crippen LogP contribution in [0.25, 0.3) is 0 Å². The van der Waals surface area contributed by atoms with E-state index in [1.54, 1.807) is 0 Å². The fourth-order valence-corrected chi connectivity index (χ4v) is 3.55. The van der Waals surface area contributed by atoms with Crippen LogP contribution in [0.15, 0.2) is 30.3 Å². The molecule has 5 nitrogen and oxygen atoms in total. The maximum Gasteiger partial charge on any atom is 0.322 e. The van der Waals surface area contributed by atoms with Gasteiger partial charge in [0.2, 0.25) is 0 Å². The van der Waals surface area contributed by atoms with Gasteiger partial charge in [-0.25, -0.2) is 0 Å². The number of rotatable bonds is 4. The Balaban J connectivity index is 1.48. The van der Waals surface area contributed by atoms with Gasteiger partial charge in [-0.3, -0.25) is 14.6 Å². The predicted octanol–water partition coefficient (Wildman–Crippen LogP) is 1.01. The smallest absolute Gasteiger partial charge is 0.322 e. The van der Waals surface area contributed by atoms with Gasteiger partial charge in [0.05, 0.1) is 0 Å². The minimum absolute atomic E-state index is 0.406. The van der Waals surface area contributed by atoms with Gasteiger partial charge in [0.1, 0.15) is 6.04 Å². The van der Waals surface area contributed by atoms with Crippen molar-refractivity contribution >= 4 is 5.97 Å². The lowest BCUT2D eigenvalue weighted by Crippen LogP contribution is -2.58. The monoisotopic (exact) mass is 303 g/mol. The van der Waals surface area contributed by atoms with Gasteiger partial charge in [0, 0.05) is 32.2 Å². The molecule has 120 valence electrons. The van der Waals surface area contributed by atoms with Crippen molar-refractivity contribution in [2.75, 3.05) is 32.7 Å². The zero-order chi connectivity index (χ0) is 15.4. The number of aliphatic carboxylic acids is 1. The highest BCUT2D eigenvalue weighted by atomic mass is 16.4. The van der Waals surface area contributed by atoms with Crippen molar-refractivity contribution in [1.29, 1.82) is 0 Å². The lowest BCUT2D eigenvalue weighted by Gasteiger charge is -2.41. The van der Waals surface area contributed by atoms with E-state index in [9.17, 15) is 4.79 Å². The van der Waals surface area contributed by atoms with E-state index in [0.717, 1.165) is 45.6 Å². The van der Waals surface area contributed by atoms with Crippen LogP contribution in [0.3, 0.4) is 0 Å². The minimum Gasteiger partial charge on any atom is -0.480 e. The number of carboxylic acids is 1. The van der Waals surface area contributed by atoms with Gasteiger partial charge in [0.15, 0.2) is 0 Å². The molecule has 1 aromatic carbocycles. The molecule has 2 N–H and O–H groups in total. The largest absolute Gasteiger partial charge is 0.480 e. The van der Waals surface area contributed by atoms with Gasteiger partial charge in [-0.1, -0.05) is 30.3 Å². The lowest BCUT2D eigenvalue weighted by molar-refractivity contribution is -0.141. The van der Waals surface area contributed by atoms with Gasteiger partial charge in [-0.2, -0.15) is 0 Å². The molecule has 0 unspecified atom stereocenters. The zero-order valence-electron chi connectivity index (χ0n) is 12.9. The summed E-state index contributed by atoms with van der Waals surface area (Å²) >= 11 is 0. The Labute approximate surface area is 131 Å². The third-order valence-electron chi connectivity index (χ3n) is 4.83. The van der Waals surface area contributed by atoms with Gasteiger partial charge in [-0.15, -0.1) is 0 Å². The second-order valence-electron chi connectivity index (χ2n) is 6.33. The van der Waals surface area contributed by atoms with Gasteiger partial charge in [-0.05, 0) is 31.5 Å². The maximum absolute atomic E-state index is 11.1. The van der Waals surface area contributed by atoms with Crippen molar-refractivity contribution in [3.05, 3.63) is 35.9 Å². The minimum atomic E-state index is -0.730. The molecule has 0 spiro atoms. The van der Waals surface area contributed by atoms with Gasteiger partial charge < -0.3 is 10.4 Å². The third-order valence-corrected chi connectivity index (χ3v) is 4.83. The maximum atomic E-state index is 11.1. The highest BCUT2D eigenvalue weighted by Crippen LogP contribution is 2.19. The summed E-state index contributed by atoms with van der Waals surface area (Å²) in [5, 5.41) is 12.2. The quantitative estimate of drug-likeness (QED) is 0.869.